The number of hydrogen-bond donors (Lipinski definition) is 2. The Bertz CT molecular complexity index is 1220. The molecule has 1 aromatic carbocycles. The summed E-state index contributed by atoms with van der Waals surface area (Å²) in [5.41, 5.74) is 3.05. The third-order valence-electron chi connectivity index (χ3n) is 6.82. The normalized spacial score (nSPS) is 19.2. The zero-order chi connectivity index (χ0) is 25.1. The van der Waals surface area contributed by atoms with Gasteiger partial charge in [0, 0.05) is 55.4 Å². The van der Waals surface area contributed by atoms with Crippen molar-refractivity contribution in [2.45, 2.75) is 45.9 Å². The zero-order valence-corrected chi connectivity index (χ0v) is 21.1. The van der Waals surface area contributed by atoms with Crippen molar-refractivity contribution in [2.24, 2.45) is 0 Å². The van der Waals surface area contributed by atoms with Crippen LogP contribution in [-0.2, 0) is 28.2 Å². The predicted molar refractivity (Wildman–Crippen MR) is 137 cm³/mol. The van der Waals surface area contributed by atoms with Gasteiger partial charge < -0.3 is 29.6 Å². The van der Waals surface area contributed by atoms with E-state index in [9.17, 15) is 4.79 Å². The van der Waals surface area contributed by atoms with E-state index in [0.717, 1.165) is 54.5 Å². The number of anilines is 2. The number of imidazole rings is 1. The third-order valence-corrected chi connectivity index (χ3v) is 6.82. The van der Waals surface area contributed by atoms with Crippen molar-refractivity contribution < 1.29 is 14.3 Å². The average molecular weight is 492 g/mol. The van der Waals surface area contributed by atoms with Crippen molar-refractivity contribution in [3.05, 3.63) is 53.7 Å². The number of benzene rings is 1. The summed E-state index contributed by atoms with van der Waals surface area (Å²) in [6.45, 7) is 10.8. The van der Waals surface area contributed by atoms with Crippen LogP contribution in [0.2, 0.25) is 0 Å². The van der Waals surface area contributed by atoms with E-state index in [4.69, 9.17) is 19.4 Å². The van der Waals surface area contributed by atoms with Gasteiger partial charge in [0.1, 0.15) is 17.2 Å². The van der Waals surface area contributed by atoms with E-state index in [0.29, 0.717) is 37.9 Å². The second-order valence-electron chi connectivity index (χ2n) is 9.30. The number of urea groups is 1. The number of rotatable bonds is 7. The Kier molecular flexibility index (Phi) is 6.88. The Morgan fingerprint density at radius 2 is 1.94 bits per heavy atom. The lowest BCUT2D eigenvalue weighted by Crippen LogP contribution is -2.37. The maximum atomic E-state index is 11.9. The van der Waals surface area contributed by atoms with Crippen molar-refractivity contribution in [1.29, 1.82) is 0 Å². The van der Waals surface area contributed by atoms with Gasteiger partial charge in [-0.1, -0.05) is 0 Å². The van der Waals surface area contributed by atoms with Gasteiger partial charge in [-0.25, -0.2) is 19.7 Å². The van der Waals surface area contributed by atoms with Gasteiger partial charge in [0.15, 0.2) is 5.82 Å². The number of nitrogens with zero attached hydrogens (tertiary/aromatic N) is 5. The lowest BCUT2D eigenvalue weighted by atomic mass is 9.95. The van der Waals surface area contributed by atoms with Crippen LogP contribution in [0.1, 0.15) is 37.4 Å². The largest absolute Gasteiger partial charge is 0.378 e. The molecule has 2 aliphatic heterocycles. The van der Waals surface area contributed by atoms with Crippen LogP contribution < -0.4 is 15.5 Å². The average Bonchev–Trinajstić information content (AvgIpc) is 3.46. The lowest BCUT2D eigenvalue weighted by Gasteiger charge is -2.30. The van der Waals surface area contributed by atoms with Crippen molar-refractivity contribution in [1.82, 2.24) is 24.8 Å². The molecule has 1 unspecified atom stereocenters. The van der Waals surface area contributed by atoms with E-state index in [1.165, 1.54) is 0 Å². The summed E-state index contributed by atoms with van der Waals surface area (Å²) >= 11 is 0. The van der Waals surface area contributed by atoms with E-state index < -0.39 is 5.60 Å². The second kappa shape index (κ2) is 10.2. The summed E-state index contributed by atoms with van der Waals surface area (Å²) in [7, 11) is 0. The smallest absolute Gasteiger partial charge is 0.319 e. The monoisotopic (exact) mass is 491 g/mol. The minimum atomic E-state index is -0.537. The van der Waals surface area contributed by atoms with Crippen LogP contribution in [0, 0.1) is 6.92 Å². The standard InChI is InChI=1S/C26H33N7O3/c1-4-27-25(34)29-20-7-5-19(6-8-20)23-30-22-21(24(31-23)33-13-15-35-16-14-33)17-36-26(22,3)9-11-32-12-10-28-18(32)2/h5-8,10,12H,4,9,11,13-17H2,1-3H3,(H2,27,29,34). The number of nitrogens with one attached hydrogen (secondary N) is 2. The summed E-state index contributed by atoms with van der Waals surface area (Å²) in [6.07, 6.45) is 4.59. The molecule has 190 valence electrons. The highest BCUT2D eigenvalue weighted by molar-refractivity contribution is 5.89. The highest BCUT2D eigenvalue weighted by Crippen LogP contribution is 2.42. The molecule has 0 spiro atoms. The predicted octanol–water partition coefficient (Wildman–Crippen LogP) is 3.46. The molecular weight excluding hydrogens is 458 g/mol. The van der Waals surface area contributed by atoms with Crippen molar-refractivity contribution in [3.8, 4) is 11.4 Å². The molecule has 4 heterocycles. The van der Waals surface area contributed by atoms with Crippen LogP contribution in [0.5, 0.6) is 0 Å². The first kappa shape index (κ1) is 24.2. The van der Waals surface area contributed by atoms with Crippen LogP contribution in [-0.4, -0.2) is 58.4 Å². The fourth-order valence-corrected chi connectivity index (χ4v) is 4.71. The van der Waals surface area contributed by atoms with E-state index in [1.54, 1.807) is 0 Å². The van der Waals surface area contributed by atoms with E-state index in [1.807, 2.05) is 50.5 Å². The van der Waals surface area contributed by atoms with Gasteiger partial charge in [0.05, 0.1) is 25.5 Å². The summed E-state index contributed by atoms with van der Waals surface area (Å²) in [5, 5.41) is 5.57. The van der Waals surface area contributed by atoms with Crippen molar-refractivity contribution >= 4 is 17.5 Å². The molecule has 3 aromatic rings. The molecule has 0 aliphatic carbocycles. The summed E-state index contributed by atoms with van der Waals surface area (Å²) in [5.74, 6) is 2.55. The van der Waals surface area contributed by atoms with Gasteiger partial charge in [-0.05, 0) is 51.5 Å². The van der Waals surface area contributed by atoms with E-state index in [2.05, 4.69) is 32.0 Å². The van der Waals surface area contributed by atoms with Gasteiger partial charge in [-0.15, -0.1) is 0 Å². The summed E-state index contributed by atoms with van der Waals surface area (Å²) in [4.78, 5) is 28.6. The molecule has 1 atom stereocenters. The number of carbonyl (C=O) groups excluding carboxylic acids is 1. The van der Waals surface area contributed by atoms with E-state index in [-0.39, 0.29) is 6.03 Å². The van der Waals surface area contributed by atoms with Gasteiger partial charge in [-0.2, -0.15) is 0 Å². The number of ether oxygens (including phenoxy) is 2. The van der Waals surface area contributed by atoms with Gasteiger partial charge >= 0.3 is 6.03 Å². The van der Waals surface area contributed by atoms with Crippen LogP contribution in [0.3, 0.4) is 0 Å². The number of aromatic nitrogens is 4. The van der Waals surface area contributed by atoms with Crippen LogP contribution in [0.15, 0.2) is 36.7 Å². The first-order valence-electron chi connectivity index (χ1n) is 12.5. The molecule has 10 heteroatoms. The molecule has 2 amide bonds. The van der Waals surface area contributed by atoms with Gasteiger partial charge in [-0.3, -0.25) is 0 Å². The highest BCUT2D eigenvalue weighted by atomic mass is 16.5. The summed E-state index contributed by atoms with van der Waals surface area (Å²) < 4.78 is 14.1. The van der Waals surface area contributed by atoms with Crippen molar-refractivity contribution in [3.63, 3.8) is 0 Å². The maximum absolute atomic E-state index is 11.9. The number of amides is 2. The molecule has 1 fully saturated rings. The first-order chi connectivity index (χ1) is 17.5. The molecule has 1 saturated heterocycles. The maximum Gasteiger partial charge on any atom is 0.319 e. The molecule has 2 aliphatic rings. The number of aryl methyl sites for hydroxylation is 2. The molecule has 0 saturated carbocycles. The molecule has 5 rings (SSSR count). The van der Waals surface area contributed by atoms with E-state index >= 15 is 0 Å². The second-order valence-corrected chi connectivity index (χ2v) is 9.30. The van der Waals surface area contributed by atoms with Crippen LogP contribution in [0.25, 0.3) is 11.4 Å². The Morgan fingerprint density at radius 1 is 1.17 bits per heavy atom. The number of carbonyl (C=O) groups is 1. The molecular formula is C26H33N7O3. The fraction of sp³-hybridized carbons (Fsp3) is 0.462. The SMILES string of the molecule is CCNC(=O)Nc1ccc(-c2nc(N3CCOCC3)c3c(n2)C(C)(CCn2ccnc2C)OC3)cc1. The molecule has 36 heavy (non-hydrogen) atoms. The number of morpholine rings is 1. The fourth-order valence-electron chi connectivity index (χ4n) is 4.71. The quantitative estimate of drug-likeness (QED) is 0.521. The Hall–Kier alpha value is -3.50. The summed E-state index contributed by atoms with van der Waals surface area (Å²) in [6, 6.07) is 7.39. The van der Waals surface area contributed by atoms with Crippen LogP contribution in [0.4, 0.5) is 16.3 Å². The molecule has 2 aromatic heterocycles. The van der Waals surface area contributed by atoms with Gasteiger partial charge in [0.25, 0.3) is 0 Å². The molecule has 10 nitrogen and oxygen atoms in total. The number of fused-ring (bicyclic) bond motifs is 1. The minimum absolute atomic E-state index is 0.227. The highest BCUT2D eigenvalue weighted by Gasteiger charge is 2.40. The Balaban J connectivity index is 1.48. The van der Waals surface area contributed by atoms with Crippen molar-refractivity contribution in [2.75, 3.05) is 43.1 Å². The molecule has 0 radical (unpaired) electrons. The van der Waals surface area contributed by atoms with Crippen LogP contribution >= 0.6 is 0 Å². The Labute approximate surface area is 211 Å². The minimum Gasteiger partial charge on any atom is -0.378 e. The lowest BCUT2D eigenvalue weighted by molar-refractivity contribution is -0.0345. The van der Waals surface area contributed by atoms with Gasteiger partial charge in [0.2, 0.25) is 0 Å². The number of hydrogen-bond acceptors (Lipinski definition) is 7. The molecule has 2 N–H and O–H groups in total. The third kappa shape index (κ3) is 4.91. The Morgan fingerprint density at radius 3 is 2.64 bits per heavy atom. The topological polar surface area (TPSA) is 106 Å². The first-order valence-corrected chi connectivity index (χ1v) is 12.5. The zero-order valence-electron chi connectivity index (χ0n) is 21.1. The molecule has 0 bridgehead atoms.